The molecule has 3 atom stereocenters. The molecular weight excluding hydrogens is 407 g/mol. The van der Waals surface area contributed by atoms with Crippen LogP contribution in [-0.4, -0.2) is 44.4 Å². The Morgan fingerprint density at radius 1 is 1.09 bits per heavy atom. The first-order valence-electron chi connectivity index (χ1n) is 11.0. The van der Waals surface area contributed by atoms with Crippen molar-refractivity contribution < 1.29 is 13.9 Å². The van der Waals surface area contributed by atoms with E-state index in [0.717, 1.165) is 30.4 Å². The summed E-state index contributed by atoms with van der Waals surface area (Å²) in [5.41, 5.74) is 2.71. The fraction of sp³-hybridized carbons (Fsp3) is 0.360. The van der Waals surface area contributed by atoms with E-state index in [1.807, 2.05) is 30.9 Å². The summed E-state index contributed by atoms with van der Waals surface area (Å²) in [7, 11) is 0. The fourth-order valence-electron chi connectivity index (χ4n) is 4.81. The third kappa shape index (κ3) is 3.83. The Kier molecular flexibility index (Phi) is 5.33. The molecule has 3 aromatic heterocycles. The van der Waals surface area contributed by atoms with Gasteiger partial charge in [0.1, 0.15) is 23.3 Å². The molecule has 3 aliphatic rings. The lowest BCUT2D eigenvalue weighted by Crippen LogP contribution is -2.59. The van der Waals surface area contributed by atoms with Gasteiger partial charge in [-0.25, -0.2) is 9.37 Å². The number of nitrogens with zero attached hydrogens (tertiary/aromatic N) is 4. The van der Waals surface area contributed by atoms with Gasteiger partial charge in [0.25, 0.3) is 5.91 Å². The lowest BCUT2D eigenvalue weighted by atomic mass is 9.77. The zero-order chi connectivity index (χ0) is 22.2. The van der Waals surface area contributed by atoms with Crippen LogP contribution in [0.2, 0.25) is 0 Å². The maximum Gasteiger partial charge on any atom is 0.273 e. The Labute approximate surface area is 186 Å². The van der Waals surface area contributed by atoms with Crippen LogP contribution >= 0.6 is 0 Å². The maximum absolute atomic E-state index is 14.5. The highest BCUT2D eigenvalue weighted by Crippen LogP contribution is 2.38. The van der Waals surface area contributed by atoms with E-state index in [2.05, 4.69) is 15.0 Å². The molecule has 2 saturated heterocycles. The normalized spacial score (nSPS) is 22.1. The third-order valence-electron chi connectivity index (χ3n) is 6.38. The lowest BCUT2D eigenvalue weighted by Gasteiger charge is -2.49. The third-order valence-corrected chi connectivity index (χ3v) is 6.38. The highest BCUT2D eigenvalue weighted by atomic mass is 19.1. The predicted octanol–water partition coefficient (Wildman–Crippen LogP) is 4.37. The summed E-state index contributed by atoms with van der Waals surface area (Å²) in [6.45, 7) is 4.51. The minimum atomic E-state index is -0.472. The Balaban J connectivity index is 1.46. The number of ether oxygens (including phenoxy) is 1. The smallest absolute Gasteiger partial charge is 0.273 e. The molecule has 32 heavy (non-hydrogen) atoms. The number of carbonyl (C=O) groups is 1. The molecule has 164 valence electrons. The summed E-state index contributed by atoms with van der Waals surface area (Å²) in [6.07, 6.45) is 7.66. The van der Waals surface area contributed by atoms with Gasteiger partial charge in [0.05, 0.1) is 6.04 Å². The van der Waals surface area contributed by atoms with E-state index in [1.54, 1.807) is 18.5 Å². The number of piperidine rings is 2. The number of pyridine rings is 3. The summed E-state index contributed by atoms with van der Waals surface area (Å²) < 4.78 is 20.7. The molecule has 1 saturated carbocycles. The molecular formula is C25H25FN4O2. The summed E-state index contributed by atoms with van der Waals surface area (Å²) in [4.78, 5) is 28.5. The number of halogens is 1. The first-order valence-corrected chi connectivity index (χ1v) is 11.0. The van der Waals surface area contributed by atoms with E-state index < -0.39 is 5.82 Å². The van der Waals surface area contributed by atoms with Crippen molar-refractivity contribution in [2.45, 2.75) is 45.3 Å². The Hall–Kier alpha value is -3.35. The van der Waals surface area contributed by atoms with Crippen LogP contribution in [0.1, 0.15) is 40.9 Å². The van der Waals surface area contributed by atoms with E-state index in [9.17, 15) is 9.18 Å². The SMILES string of the molecule is Cc1ccc(OC2CC3CCC2N(C(=O)c2ncc(C)cc2-c2ncccc2F)C3)nc1. The second kappa shape index (κ2) is 8.30. The van der Waals surface area contributed by atoms with Crippen molar-refractivity contribution in [2.24, 2.45) is 5.92 Å². The van der Waals surface area contributed by atoms with Crippen LogP contribution in [0.3, 0.4) is 0 Å². The molecule has 5 heterocycles. The van der Waals surface area contributed by atoms with E-state index in [-0.39, 0.29) is 29.4 Å². The van der Waals surface area contributed by atoms with Crippen molar-refractivity contribution in [1.82, 2.24) is 19.9 Å². The topological polar surface area (TPSA) is 68.2 Å². The molecule has 0 aromatic carbocycles. The van der Waals surface area contributed by atoms with E-state index in [1.165, 1.54) is 18.3 Å². The first-order chi connectivity index (χ1) is 15.5. The number of fused-ring (bicyclic) bond motifs is 3. The fourth-order valence-corrected chi connectivity index (χ4v) is 4.81. The molecule has 0 N–H and O–H groups in total. The summed E-state index contributed by atoms with van der Waals surface area (Å²) in [6, 6.07) is 8.43. The second-order valence-corrected chi connectivity index (χ2v) is 8.78. The number of aromatic nitrogens is 3. The number of amides is 1. The quantitative estimate of drug-likeness (QED) is 0.613. The largest absolute Gasteiger partial charge is 0.472 e. The molecule has 3 unspecified atom stereocenters. The monoisotopic (exact) mass is 432 g/mol. The van der Waals surface area contributed by atoms with Gasteiger partial charge >= 0.3 is 0 Å². The molecule has 2 bridgehead atoms. The summed E-state index contributed by atoms with van der Waals surface area (Å²) in [5, 5.41) is 0. The van der Waals surface area contributed by atoms with Gasteiger partial charge < -0.3 is 9.64 Å². The summed E-state index contributed by atoms with van der Waals surface area (Å²) >= 11 is 0. The van der Waals surface area contributed by atoms with Gasteiger partial charge in [0.2, 0.25) is 5.88 Å². The second-order valence-electron chi connectivity index (χ2n) is 8.78. The summed E-state index contributed by atoms with van der Waals surface area (Å²) in [5.74, 6) is 0.260. The van der Waals surface area contributed by atoms with Gasteiger partial charge in [0.15, 0.2) is 0 Å². The molecule has 6 rings (SSSR count). The van der Waals surface area contributed by atoms with Crippen molar-refractivity contribution in [2.75, 3.05) is 6.54 Å². The number of hydrogen-bond donors (Lipinski definition) is 0. The number of carbonyl (C=O) groups excluding carboxylic acids is 1. The van der Waals surface area contributed by atoms with Crippen LogP contribution in [0.4, 0.5) is 4.39 Å². The van der Waals surface area contributed by atoms with Crippen molar-refractivity contribution >= 4 is 5.91 Å². The predicted molar refractivity (Wildman–Crippen MR) is 118 cm³/mol. The van der Waals surface area contributed by atoms with Gasteiger partial charge in [0, 0.05) is 36.8 Å². The number of rotatable bonds is 4. The molecule has 3 aromatic rings. The van der Waals surface area contributed by atoms with E-state index in [0.29, 0.717) is 23.9 Å². The highest BCUT2D eigenvalue weighted by Gasteiger charge is 2.45. The van der Waals surface area contributed by atoms with Gasteiger partial charge in [-0.3, -0.25) is 14.8 Å². The van der Waals surface area contributed by atoms with Gasteiger partial charge in [-0.1, -0.05) is 6.07 Å². The Morgan fingerprint density at radius 3 is 2.69 bits per heavy atom. The number of hydrogen-bond acceptors (Lipinski definition) is 5. The minimum Gasteiger partial charge on any atom is -0.472 e. The molecule has 3 fully saturated rings. The van der Waals surface area contributed by atoms with E-state index in [4.69, 9.17) is 4.74 Å². The molecule has 0 radical (unpaired) electrons. The molecule has 1 aliphatic carbocycles. The Bertz CT molecular complexity index is 1150. The van der Waals surface area contributed by atoms with Crippen LogP contribution in [0.15, 0.2) is 48.9 Å². The van der Waals surface area contributed by atoms with Crippen molar-refractivity contribution in [3.63, 3.8) is 0 Å². The average Bonchev–Trinajstić information content (AvgIpc) is 2.81. The molecule has 1 amide bonds. The maximum atomic E-state index is 14.5. The highest BCUT2D eigenvalue weighted by molar-refractivity contribution is 5.99. The lowest BCUT2D eigenvalue weighted by molar-refractivity contribution is -0.0315. The standard InChI is InChI=1S/C25H25FN4O2/c1-15-5-8-22(28-12-15)32-21-11-17-6-7-20(21)30(14-17)25(31)24-18(10-16(2)13-29-24)23-19(26)4-3-9-27-23/h3-5,8-10,12-13,17,20-21H,6-7,11,14H2,1-2H3. The molecule has 2 aliphatic heterocycles. The zero-order valence-electron chi connectivity index (χ0n) is 18.2. The minimum absolute atomic E-state index is 0.0693. The average molecular weight is 432 g/mol. The van der Waals surface area contributed by atoms with E-state index >= 15 is 0 Å². The van der Waals surface area contributed by atoms with Crippen LogP contribution in [-0.2, 0) is 0 Å². The molecule has 6 nitrogen and oxygen atoms in total. The Morgan fingerprint density at radius 2 is 1.94 bits per heavy atom. The van der Waals surface area contributed by atoms with Crippen molar-refractivity contribution in [3.05, 3.63) is 71.6 Å². The van der Waals surface area contributed by atoms with Gasteiger partial charge in [-0.15, -0.1) is 0 Å². The van der Waals surface area contributed by atoms with Crippen LogP contribution in [0, 0.1) is 25.6 Å². The van der Waals surface area contributed by atoms with Crippen LogP contribution in [0.25, 0.3) is 11.3 Å². The number of aryl methyl sites for hydroxylation is 2. The van der Waals surface area contributed by atoms with Crippen LogP contribution in [0.5, 0.6) is 5.88 Å². The first kappa shape index (κ1) is 20.5. The van der Waals surface area contributed by atoms with Gasteiger partial charge in [-0.2, -0.15) is 0 Å². The zero-order valence-corrected chi connectivity index (χ0v) is 18.2. The van der Waals surface area contributed by atoms with Crippen molar-refractivity contribution in [3.8, 4) is 17.1 Å². The van der Waals surface area contributed by atoms with Crippen LogP contribution < -0.4 is 4.74 Å². The molecule has 7 heteroatoms. The van der Waals surface area contributed by atoms with Gasteiger partial charge in [-0.05, 0) is 68.4 Å². The van der Waals surface area contributed by atoms with Crippen molar-refractivity contribution in [1.29, 1.82) is 0 Å². The molecule has 0 spiro atoms.